The topological polar surface area (TPSA) is 66.5 Å². The zero-order valence-electron chi connectivity index (χ0n) is 14.5. The van der Waals surface area contributed by atoms with Crippen LogP contribution in [0.2, 0.25) is 0 Å². The maximum atomic E-state index is 12.4. The van der Waals surface area contributed by atoms with Crippen molar-refractivity contribution >= 4 is 23.4 Å². The molecule has 2 aliphatic rings. The summed E-state index contributed by atoms with van der Waals surface area (Å²) in [6.07, 6.45) is 6.90. The smallest absolute Gasteiger partial charge is 0.233 e. The minimum atomic E-state index is -0.192. The molecule has 0 saturated carbocycles. The van der Waals surface area contributed by atoms with E-state index in [4.69, 9.17) is 0 Å². The summed E-state index contributed by atoms with van der Waals surface area (Å²) in [5.74, 6) is -0.614. The molecular weight excluding hydrogens is 316 g/mol. The number of allylic oxidation sites excluding steroid dienone is 2. The van der Waals surface area contributed by atoms with E-state index in [0.717, 1.165) is 17.7 Å². The van der Waals surface area contributed by atoms with E-state index in [9.17, 15) is 14.4 Å². The van der Waals surface area contributed by atoms with Crippen LogP contribution in [0.15, 0.2) is 36.4 Å². The highest BCUT2D eigenvalue weighted by Crippen LogP contribution is 2.35. The fourth-order valence-electron chi connectivity index (χ4n) is 3.65. The van der Waals surface area contributed by atoms with Gasteiger partial charge in [0.25, 0.3) is 0 Å². The van der Waals surface area contributed by atoms with Crippen molar-refractivity contribution in [2.24, 2.45) is 11.8 Å². The number of benzene rings is 1. The summed E-state index contributed by atoms with van der Waals surface area (Å²) in [4.78, 5) is 38.3. The summed E-state index contributed by atoms with van der Waals surface area (Å²) in [6, 6.07) is 7.73. The Labute approximate surface area is 148 Å². The molecule has 3 amide bonds. The number of hydrogen-bond donors (Lipinski definition) is 1. The molecule has 1 aliphatic heterocycles. The number of carbonyl (C=O) groups excluding carboxylic acids is 3. The lowest BCUT2D eigenvalue weighted by atomic mass is 9.85. The van der Waals surface area contributed by atoms with Gasteiger partial charge in [-0.25, -0.2) is 0 Å². The van der Waals surface area contributed by atoms with Crippen LogP contribution in [-0.4, -0.2) is 29.2 Å². The second-order valence-electron chi connectivity index (χ2n) is 6.65. The van der Waals surface area contributed by atoms with Crippen LogP contribution in [0.3, 0.4) is 0 Å². The van der Waals surface area contributed by atoms with Crippen molar-refractivity contribution in [1.29, 1.82) is 0 Å². The van der Waals surface area contributed by atoms with Gasteiger partial charge in [-0.15, -0.1) is 0 Å². The predicted molar refractivity (Wildman–Crippen MR) is 95.8 cm³/mol. The molecule has 0 bridgehead atoms. The molecule has 1 aromatic carbocycles. The van der Waals surface area contributed by atoms with Crippen LogP contribution in [0.1, 0.15) is 38.2 Å². The van der Waals surface area contributed by atoms with Crippen LogP contribution < -0.4 is 5.32 Å². The minimum Gasteiger partial charge on any atom is -0.326 e. The predicted octanol–water partition coefficient (Wildman–Crippen LogP) is 2.92. The number of rotatable bonds is 6. The summed E-state index contributed by atoms with van der Waals surface area (Å²) in [5.41, 5.74) is 1.93. The van der Waals surface area contributed by atoms with Gasteiger partial charge in [0, 0.05) is 18.7 Å². The van der Waals surface area contributed by atoms with E-state index >= 15 is 0 Å². The second-order valence-corrected chi connectivity index (χ2v) is 6.65. The number of carbonyl (C=O) groups is 3. The SMILES string of the molecule is CCc1ccccc1NC(=O)CCCN1C(=O)[C@@H]2CC=CC[C@H]2C1=O. The molecular formula is C20H24N2O3. The fourth-order valence-corrected chi connectivity index (χ4v) is 3.65. The molecule has 1 saturated heterocycles. The molecule has 0 unspecified atom stereocenters. The van der Waals surface area contributed by atoms with Crippen molar-refractivity contribution < 1.29 is 14.4 Å². The van der Waals surface area contributed by atoms with E-state index in [2.05, 4.69) is 5.32 Å². The Morgan fingerprint density at radius 3 is 2.40 bits per heavy atom. The van der Waals surface area contributed by atoms with Crippen LogP contribution in [0.5, 0.6) is 0 Å². The minimum absolute atomic E-state index is 0.0731. The van der Waals surface area contributed by atoms with Crippen molar-refractivity contribution in [1.82, 2.24) is 4.90 Å². The number of para-hydroxylation sites is 1. The third kappa shape index (κ3) is 3.65. The average molecular weight is 340 g/mol. The molecule has 1 aliphatic carbocycles. The first-order valence-corrected chi connectivity index (χ1v) is 8.99. The van der Waals surface area contributed by atoms with E-state index in [1.54, 1.807) is 0 Å². The van der Waals surface area contributed by atoms with Crippen LogP contribution in [0.4, 0.5) is 5.69 Å². The van der Waals surface area contributed by atoms with Gasteiger partial charge < -0.3 is 5.32 Å². The Hall–Kier alpha value is -2.43. The molecule has 1 heterocycles. The Balaban J connectivity index is 1.50. The van der Waals surface area contributed by atoms with E-state index in [-0.39, 0.29) is 29.6 Å². The van der Waals surface area contributed by atoms with E-state index in [1.807, 2.05) is 43.3 Å². The Bertz CT molecular complexity index is 685. The van der Waals surface area contributed by atoms with Crippen molar-refractivity contribution in [2.75, 3.05) is 11.9 Å². The van der Waals surface area contributed by atoms with Crippen molar-refractivity contribution in [3.05, 3.63) is 42.0 Å². The molecule has 0 spiro atoms. The van der Waals surface area contributed by atoms with Gasteiger partial charge in [-0.05, 0) is 37.3 Å². The molecule has 1 fully saturated rings. The molecule has 1 aromatic rings. The Morgan fingerprint density at radius 1 is 1.12 bits per heavy atom. The van der Waals surface area contributed by atoms with Crippen molar-refractivity contribution in [3.8, 4) is 0 Å². The molecule has 5 heteroatoms. The maximum absolute atomic E-state index is 12.4. The number of nitrogens with zero attached hydrogens (tertiary/aromatic N) is 1. The highest BCUT2D eigenvalue weighted by molar-refractivity contribution is 6.05. The standard InChI is InChI=1S/C20H24N2O3/c1-2-14-8-3-6-11-17(14)21-18(23)12-7-13-22-19(24)15-9-4-5-10-16(15)20(22)25/h3-6,8,11,15-16H,2,7,9-10,12-13H2,1H3,(H,21,23)/t15-,16-/m1/s1. The van der Waals surface area contributed by atoms with Gasteiger partial charge >= 0.3 is 0 Å². The number of hydrogen-bond acceptors (Lipinski definition) is 3. The molecule has 132 valence electrons. The first kappa shape index (κ1) is 17.4. The summed E-state index contributed by atoms with van der Waals surface area (Å²) >= 11 is 0. The lowest BCUT2D eigenvalue weighted by Crippen LogP contribution is -2.32. The monoisotopic (exact) mass is 340 g/mol. The zero-order chi connectivity index (χ0) is 17.8. The lowest BCUT2D eigenvalue weighted by molar-refractivity contribution is -0.140. The van der Waals surface area contributed by atoms with Gasteiger partial charge in [-0.1, -0.05) is 37.3 Å². The van der Waals surface area contributed by atoms with Crippen LogP contribution in [0, 0.1) is 11.8 Å². The van der Waals surface area contributed by atoms with Gasteiger partial charge in [0.1, 0.15) is 0 Å². The maximum Gasteiger partial charge on any atom is 0.233 e. The fraction of sp³-hybridized carbons (Fsp3) is 0.450. The number of imide groups is 1. The molecule has 0 radical (unpaired) electrons. The summed E-state index contributed by atoms with van der Waals surface area (Å²) in [7, 11) is 0. The normalized spacial score (nSPS) is 22.2. The van der Waals surface area contributed by atoms with Gasteiger partial charge in [0.15, 0.2) is 0 Å². The van der Waals surface area contributed by atoms with E-state index in [1.165, 1.54) is 4.90 Å². The van der Waals surface area contributed by atoms with Crippen LogP contribution in [0.25, 0.3) is 0 Å². The Morgan fingerprint density at radius 2 is 1.76 bits per heavy atom. The first-order valence-electron chi connectivity index (χ1n) is 8.99. The van der Waals surface area contributed by atoms with E-state index < -0.39 is 0 Å². The Kier molecular flexibility index (Phi) is 5.31. The van der Waals surface area contributed by atoms with Crippen molar-refractivity contribution in [3.63, 3.8) is 0 Å². The summed E-state index contributed by atoms with van der Waals surface area (Å²) in [6.45, 7) is 2.37. The van der Waals surface area contributed by atoms with E-state index in [0.29, 0.717) is 32.2 Å². The van der Waals surface area contributed by atoms with Gasteiger partial charge in [-0.3, -0.25) is 19.3 Å². The highest BCUT2D eigenvalue weighted by Gasteiger charge is 2.46. The second kappa shape index (κ2) is 7.64. The quantitative estimate of drug-likeness (QED) is 0.639. The number of fused-ring (bicyclic) bond motifs is 1. The third-order valence-electron chi connectivity index (χ3n) is 5.06. The lowest BCUT2D eigenvalue weighted by Gasteiger charge is -2.15. The number of likely N-dealkylation sites (tertiary alicyclic amines) is 1. The zero-order valence-corrected chi connectivity index (χ0v) is 14.5. The third-order valence-corrected chi connectivity index (χ3v) is 5.06. The molecule has 0 aromatic heterocycles. The number of anilines is 1. The molecule has 25 heavy (non-hydrogen) atoms. The number of nitrogens with one attached hydrogen (secondary N) is 1. The molecule has 3 rings (SSSR count). The average Bonchev–Trinajstić information content (AvgIpc) is 2.87. The van der Waals surface area contributed by atoms with Crippen LogP contribution in [-0.2, 0) is 20.8 Å². The van der Waals surface area contributed by atoms with Gasteiger partial charge in [0.05, 0.1) is 11.8 Å². The largest absolute Gasteiger partial charge is 0.326 e. The summed E-state index contributed by atoms with van der Waals surface area (Å²) in [5, 5.41) is 2.92. The van der Waals surface area contributed by atoms with Crippen LogP contribution >= 0.6 is 0 Å². The first-order chi connectivity index (χ1) is 12.1. The van der Waals surface area contributed by atoms with Gasteiger partial charge in [-0.2, -0.15) is 0 Å². The molecule has 2 atom stereocenters. The summed E-state index contributed by atoms with van der Waals surface area (Å²) < 4.78 is 0. The number of aryl methyl sites for hydroxylation is 1. The molecule has 5 nitrogen and oxygen atoms in total. The van der Waals surface area contributed by atoms with Gasteiger partial charge in [0.2, 0.25) is 17.7 Å². The molecule has 1 N–H and O–H groups in total. The highest BCUT2D eigenvalue weighted by atomic mass is 16.2. The number of amides is 3. The van der Waals surface area contributed by atoms with Crippen molar-refractivity contribution in [2.45, 2.75) is 39.0 Å².